The lowest BCUT2D eigenvalue weighted by Gasteiger charge is -2.22. The number of aromatic nitrogens is 4. The monoisotopic (exact) mass is 460 g/mol. The zero-order valence-corrected chi connectivity index (χ0v) is 16.7. The molecule has 1 aliphatic rings. The van der Waals surface area contributed by atoms with Gasteiger partial charge in [-0.2, -0.15) is 5.10 Å². The van der Waals surface area contributed by atoms with Crippen molar-refractivity contribution in [2.45, 2.75) is 19.8 Å². The van der Waals surface area contributed by atoms with E-state index in [9.17, 15) is 0 Å². The van der Waals surface area contributed by atoms with Gasteiger partial charge in [0.1, 0.15) is 5.65 Å². The van der Waals surface area contributed by atoms with E-state index in [0.717, 1.165) is 59.4 Å². The van der Waals surface area contributed by atoms with E-state index in [0.29, 0.717) is 5.92 Å². The molecule has 0 unspecified atom stereocenters. The van der Waals surface area contributed by atoms with Crippen LogP contribution in [-0.4, -0.2) is 39.0 Å². The molecule has 0 atom stereocenters. The van der Waals surface area contributed by atoms with Gasteiger partial charge >= 0.3 is 0 Å². The van der Waals surface area contributed by atoms with E-state index < -0.39 is 0 Å². The third-order valence-electron chi connectivity index (χ3n) is 4.97. The van der Waals surface area contributed by atoms with Crippen molar-refractivity contribution in [1.82, 2.24) is 25.5 Å². The summed E-state index contributed by atoms with van der Waals surface area (Å²) in [5.41, 5.74) is 6.22. The fourth-order valence-corrected chi connectivity index (χ4v) is 3.95. The first-order valence-electron chi connectivity index (χ1n) is 8.79. The third kappa shape index (κ3) is 3.45. The molecule has 1 saturated heterocycles. The van der Waals surface area contributed by atoms with Crippen molar-refractivity contribution >= 4 is 45.0 Å². The van der Waals surface area contributed by atoms with Gasteiger partial charge in [0.05, 0.1) is 11.9 Å². The van der Waals surface area contributed by atoms with Gasteiger partial charge in [0.15, 0.2) is 0 Å². The number of halogens is 1. The molecule has 0 amide bonds. The average molecular weight is 460 g/mol. The topological polar surface area (TPSA) is 81.8 Å². The number of nitrogens with one attached hydrogen (secondary N) is 3. The summed E-state index contributed by atoms with van der Waals surface area (Å²) in [6.07, 6.45) is 9.89. The van der Waals surface area contributed by atoms with Crippen LogP contribution >= 0.6 is 22.6 Å². The summed E-state index contributed by atoms with van der Waals surface area (Å²) < 4.78 is 2.04. The second kappa shape index (κ2) is 7.71. The summed E-state index contributed by atoms with van der Waals surface area (Å²) in [7, 11) is 0. The first kappa shape index (κ1) is 17.4. The Morgan fingerprint density at radius 2 is 2.12 bits per heavy atom. The number of aliphatic imine (C=N–C) groups is 1. The van der Waals surface area contributed by atoms with Gasteiger partial charge in [-0.1, -0.05) is 22.6 Å². The van der Waals surface area contributed by atoms with Crippen molar-refractivity contribution in [3.8, 4) is 11.1 Å². The maximum Gasteiger partial charge on any atom is 0.137 e. The van der Waals surface area contributed by atoms with Crippen LogP contribution in [-0.2, 0) is 0 Å². The first-order chi connectivity index (χ1) is 12.8. The van der Waals surface area contributed by atoms with Gasteiger partial charge in [0.25, 0.3) is 0 Å². The minimum atomic E-state index is 0.563. The number of piperidine rings is 1. The SMILES string of the molecule is C/C(=N\C(=C/I)c1cnc2[nH]cc(-c3cn[nH]c3)c2c1)C1CCNCC1. The highest BCUT2D eigenvalue weighted by molar-refractivity contribution is 14.1. The van der Waals surface area contributed by atoms with Crippen LogP contribution in [0.25, 0.3) is 27.9 Å². The summed E-state index contributed by atoms with van der Waals surface area (Å²) in [4.78, 5) is 12.8. The average Bonchev–Trinajstić information content (AvgIpc) is 3.35. The maximum atomic E-state index is 4.95. The molecular formula is C19H21IN6. The number of rotatable bonds is 4. The molecule has 0 bridgehead atoms. The standard InChI is InChI=1S/C19H21IN6/c1-12(13-2-4-21-5-3-13)26-18(7-20)14-6-16-17(15-9-24-25-10-15)11-23-19(16)22-8-14/h6-11,13,21H,2-5H2,1H3,(H,22,23)(H,24,25)/b18-7-,26-12+. The van der Waals surface area contributed by atoms with Crippen LogP contribution in [0.1, 0.15) is 25.3 Å². The molecule has 3 aromatic rings. The molecule has 0 saturated carbocycles. The Bertz CT molecular complexity index is 948. The fraction of sp³-hybridized carbons (Fsp3) is 0.316. The van der Waals surface area contributed by atoms with E-state index in [4.69, 9.17) is 4.99 Å². The second-order valence-corrected chi connectivity index (χ2v) is 7.20. The number of hydrogen-bond acceptors (Lipinski definition) is 4. The first-order valence-corrected chi connectivity index (χ1v) is 10.0. The molecule has 26 heavy (non-hydrogen) atoms. The lowest BCUT2D eigenvalue weighted by Crippen LogP contribution is -2.30. The van der Waals surface area contributed by atoms with Crippen molar-refractivity contribution in [1.29, 1.82) is 0 Å². The van der Waals surface area contributed by atoms with Gasteiger partial charge < -0.3 is 10.3 Å². The van der Waals surface area contributed by atoms with Crippen LogP contribution < -0.4 is 5.32 Å². The molecule has 4 heterocycles. The Labute approximate surface area is 165 Å². The summed E-state index contributed by atoms with van der Waals surface area (Å²) in [5, 5.41) is 11.4. The molecule has 0 aliphatic carbocycles. The third-order valence-corrected chi connectivity index (χ3v) is 5.56. The van der Waals surface area contributed by atoms with E-state index in [-0.39, 0.29) is 0 Å². The number of aromatic amines is 2. The second-order valence-electron chi connectivity index (χ2n) is 6.58. The Hall–Kier alpha value is -2.00. The van der Waals surface area contributed by atoms with Gasteiger partial charge in [-0.05, 0) is 44.8 Å². The molecule has 7 heteroatoms. The van der Waals surface area contributed by atoms with Crippen molar-refractivity contribution in [2.75, 3.05) is 13.1 Å². The molecule has 1 fully saturated rings. The summed E-state index contributed by atoms with van der Waals surface area (Å²) >= 11 is 2.27. The van der Waals surface area contributed by atoms with Crippen molar-refractivity contribution in [3.63, 3.8) is 0 Å². The summed E-state index contributed by atoms with van der Waals surface area (Å²) in [6, 6.07) is 2.16. The molecule has 0 aromatic carbocycles. The Morgan fingerprint density at radius 1 is 1.27 bits per heavy atom. The van der Waals surface area contributed by atoms with Crippen molar-refractivity contribution < 1.29 is 0 Å². The van der Waals surface area contributed by atoms with Gasteiger partial charge in [-0.15, -0.1) is 0 Å². The highest BCUT2D eigenvalue weighted by atomic mass is 127. The lowest BCUT2D eigenvalue weighted by atomic mass is 9.93. The van der Waals surface area contributed by atoms with Crippen molar-refractivity contribution in [3.05, 3.63) is 40.5 Å². The predicted molar refractivity (Wildman–Crippen MR) is 114 cm³/mol. The number of pyridine rings is 1. The molecule has 0 radical (unpaired) electrons. The number of nitrogens with zero attached hydrogens (tertiary/aromatic N) is 3. The van der Waals surface area contributed by atoms with Crippen LogP contribution in [0.2, 0.25) is 0 Å². The molecular weight excluding hydrogens is 439 g/mol. The Kier molecular flexibility index (Phi) is 5.16. The molecule has 4 rings (SSSR count). The highest BCUT2D eigenvalue weighted by Gasteiger charge is 2.17. The quantitative estimate of drug-likeness (QED) is 0.404. The van der Waals surface area contributed by atoms with E-state index >= 15 is 0 Å². The molecule has 6 nitrogen and oxygen atoms in total. The minimum absolute atomic E-state index is 0.563. The lowest BCUT2D eigenvalue weighted by molar-refractivity contribution is 0.455. The van der Waals surface area contributed by atoms with Crippen LogP contribution in [0.4, 0.5) is 0 Å². The zero-order valence-electron chi connectivity index (χ0n) is 14.6. The van der Waals surface area contributed by atoms with Crippen molar-refractivity contribution in [2.24, 2.45) is 10.9 Å². The van der Waals surface area contributed by atoms with Crippen LogP contribution in [0.15, 0.2) is 39.9 Å². The molecule has 134 valence electrons. The summed E-state index contributed by atoms with van der Waals surface area (Å²) in [6.45, 7) is 4.30. The van der Waals surface area contributed by atoms with E-state index in [1.165, 1.54) is 5.71 Å². The van der Waals surface area contributed by atoms with Gasteiger partial charge in [-0.25, -0.2) is 4.98 Å². The normalized spacial score (nSPS) is 17.2. The molecule has 1 aliphatic heterocycles. The van der Waals surface area contributed by atoms with Crippen LogP contribution in [0.3, 0.4) is 0 Å². The maximum absolute atomic E-state index is 4.95. The van der Waals surface area contributed by atoms with Crippen LogP contribution in [0.5, 0.6) is 0 Å². The smallest absolute Gasteiger partial charge is 0.137 e. The molecule has 0 spiro atoms. The van der Waals surface area contributed by atoms with E-state index in [1.807, 2.05) is 28.9 Å². The van der Waals surface area contributed by atoms with E-state index in [1.54, 1.807) is 0 Å². The number of fused-ring (bicyclic) bond motifs is 1. The zero-order chi connectivity index (χ0) is 17.9. The largest absolute Gasteiger partial charge is 0.346 e. The molecule has 3 N–H and O–H groups in total. The predicted octanol–water partition coefficient (Wildman–Crippen LogP) is 4.15. The molecule has 3 aromatic heterocycles. The van der Waals surface area contributed by atoms with E-state index in [2.05, 4.69) is 61.1 Å². The van der Waals surface area contributed by atoms with Gasteiger partial charge in [-0.3, -0.25) is 10.1 Å². The highest BCUT2D eigenvalue weighted by Crippen LogP contribution is 2.30. The Morgan fingerprint density at radius 3 is 2.85 bits per heavy atom. The summed E-state index contributed by atoms with van der Waals surface area (Å²) in [5.74, 6) is 0.563. The van der Waals surface area contributed by atoms with Gasteiger partial charge in [0.2, 0.25) is 0 Å². The Balaban J connectivity index is 1.69. The fourth-order valence-electron chi connectivity index (χ4n) is 3.45. The minimum Gasteiger partial charge on any atom is -0.346 e. The van der Waals surface area contributed by atoms with Crippen LogP contribution in [0, 0.1) is 5.92 Å². The van der Waals surface area contributed by atoms with Gasteiger partial charge in [0, 0.05) is 50.5 Å². The number of H-pyrrole nitrogens is 2. The number of hydrogen-bond donors (Lipinski definition) is 3.